The van der Waals surface area contributed by atoms with E-state index in [9.17, 15) is 9.59 Å². The smallest absolute Gasteiger partial charge is 0.242 e. The number of anilines is 2. The first-order chi connectivity index (χ1) is 15.7. The van der Waals surface area contributed by atoms with Crippen molar-refractivity contribution < 1.29 is 9.59 Å². The Morgan fingerprint density at radius 2 is 1.91 bits per heavy atom. The molecule has 0 aliphatic carbocycles. The number of nitrogens with one attached hydrogen (secondary N) is 1. The Balaban J connectivity index is 1.10. The molecule has 9 heteroatoms. The first-order valence-electron chi connectivity index (χ1n) is 11.7. The molecule has 0 spiro atoms. The topological polar surface area (TPSA) is 81.7 Å². The van der Waals surface area contributed by atoms with E-state index in [1.807, 2.05) is 0 Å². The predicted octanol–water partition coefficient (Wildman–Crippen LogP) is 2.20. The van der Waals surface area contributed by atoms with Gasteiger partial charge in [-0.1, -0.05) is 35.6 Å². The molecule has 3 aliphatic rings. The van der Waals surface area contributed by atoms with E-state index in [4.69, 9.17) is 0 Å². The van der Waals surface area contributed by atoms with Gasteiger partial charge in [-0.25, -0.2) is 0 Å². The van der Waals surface area contributed by atoms with E-state index in [0.29, 0.717) is 24.6 Å². The second-order valence-electron chi connectivity index (χ2n) is 8.81. The van der Waals surface area contributed by atoms with Crippen LogP contribution in [0, 0.1) is 0 Å². The van der Waals surface area contributed by atoms with Crippen LogP contribution in [-0.4, -0.2) is 65.7 Å². The van der Waals surface area contributed by atoms with Crippen molar-refractivity contribution in [3.05, 3.63) is 35.4 Å². The molecular formula is C23H30N6O2S. The SMILES string of the molecule is O=C(NCCCN1CCc2ccccc2C1)[C@H]1CCCN1c1nnc(N2CCCC2=O)s1. The molecule has 0 saturated carbocycles. The third-order valence-electron chi connectivity index (χ3n) is 6.67. The summed E-state index contributed by atoms with van der Waals surface area (Å²) in [5.74, 6) is 0.182. The molecule has 3 aliphatic heterocycles. The molecule has 2 aromatic rings. The maximum absolute atomic E-state index is 12.9. The van der Waals surface area contributed by atoms with Crippen molar-refractivity contribution >= 4 is 33.4 Å². The fourth-order valence-corrected chi connectivity index (χ4v) is 5.89. The van der Waals surface area contributed by atoms with Gasteiger partial charge in [-0.2, -0.15) is 0 Å². The normalized spacial score (nSPS) is 21.2. The number of benzene rings is 1. The zero-order chi connectivity index (χ0) is 21.9. The molecule has 4 heterocycles. The van der Waals surface area contributed by atoms with Gasteiger partial charge < -0.3 is 10.2 Å². The van der Waals surface area contributed by atoms with Gasteiger partial charge in [0.25, 0.3) is 0 Å². The molecule has 0 radical (unpaired) electrons. The van der Waals surface area contributed by atoms with Crippen molar-refractivity contribution in [2.24, 2.45) is 0 Å². The number of rotatable bonds is 7. The van der Waals surface area contributed by atoms with Crippen LogP contribution in [0.5, 0.6) is 0 Å². The third kappa shape index (κ3) is 4.49. The van der Waals surface area contributed by atoms with Gasteiger partial charge in [0.05, 0.1) is 0 Å². The summed E-state index contributed by atoms with van der Waals surface area (Å²) in [5, 5.41) is 13.1. The summed E-state index contributed by atoms with van der Waals surface area (Å²) in [6.45, 7) is 5.27. The monoisotopic (exact) mass is 454 g/mol. The lowest BCUT2D eigenvalue weighted by molar-refractivity contribution is -0.122. The lowest BCUT2D eigenvalue weighted by atomic mass is 10.00. The molecule has 170 valence electrons. The average Bonchev–Trinajstić information content (AvgIpc) is 3.56. The Bertz CT molecular complexity index is 979. The van der Waals surface area contributed by atoms with Crippen LogP contribution in [-0.2, 0) is 22.6 Å². The van der Waals surface area contributed by atoms with Crippen LogP contribution in [0.4, 0.5) is 10.3 Å². The van der Waals surface area contributed by atoms with Gasteiger partial charge in [-0.05, 0) is 43.2 Å². The highest BCUT2D eigenvalue weighted by atomic mass is 32.1. The van der Waals surface area contributed by atoms with Crippen LogP contribution < -0.4 is 15.1 Å². The van der Waals surface area contributed by atoms with E-state index in [1.54, 1.807) is 4.90 Å². The second kappa shape index (κ2) is 9.54. The molecular weight excluding hydrogens is 424 g/mol. The van der Waals surface area contributed by atoms with Crippen molar-refractivity contribution in [2.75, 3.05) is 42.5 Å². The molecule has 8 nitrogen and oxygen atoms in total. The molecule has 0 bridgehead atoms. The number of aromatic nitrogens is 2. The van der Waals surface area contributed by atoms with Gasteiger partial charge in [0.15, 0.2) is 0 Å². The minimum atomic E-state index is -0.202. The van der Waals surface area contributed by atoms with Crippen molar-refractivity contribution in [3.63, 3.8) is 0 Å². The molecule has 0 unspecified atom stereocenters. The van der Waals surface area contributed by atoms with Crippen LogP contribution in [0.2, 0.25) is 0 Å². The molecule has 1 N–H and O–H groups in total. The number of hydrogen-bond acceptors (Lipinski definition) is 7. The minimum absolute atomic E-state index is 0.0699. The summed E-state index contributed by atoms with van der Waals surface area (Å²) in [7, 11) is 0. The molecule has 5 rings (SSSR count). The van der Waals surface area contributed by atoms with E-state index in [-0.39, 0.29) is 17.9 Å². The standard InChI is InChI=1S/C23H30N6O2S/c30-20-9-4-14-29(20)23-26-25-22(32-23)28-13-3-8-19(28)21(31)24-11-5-12-27-15-10-17-6-1-2-7-18(17)16-27/h1-2,6-7,19H,3-5,8-16H2,(H,24,31)/t19-/m1/s1. The summed E-state index contributed by atoms with van der Waals surface area (Å²) in [4.78, 5) is 31.1. The summed E-state index contributed by atoms with van der Waals surface area (Å²) in [6, 6.07) is 8.47. The average molecular weight is 455 g/mol. The second-order valence-corrected chi connectivity index (χ2v) is 9.74. The summed E-state index contributed by atoms with van der Waals surface area (Å²) >= 11 is 1.42. The lowest BCUT2D eigenvalue weighted by Crippen LogP contribution is -2.44. The molecule has 1 atom stereocenters. The lowest BCUT2D eigenvalue weighted by Gasteiger charge is -2.28. The Morgan fingerprint density at radius 3 is 2.75 bits per heavy atom. The molecule has 1 aromatic carbocycles. The number of carbonyl (C=O) groups excluding carboxylic acids is 2. The van der Waals surface area contributed by atoms with Gasteiger partial charge >= 0.3 is 0 Å². The number of amides is 2. The fraction of sp³-hybridized carbons (Fsp3) is 0.565. The van der Waals surface area contributed by atoms with Crippen LogP contribution in [0.3, 0.4) is 0 Å². The summed E-state index contributed by atoms with van der Waals surface area (Å²) in [6.07, 6.45) is 5.28. The van der Waals surface area contributed by atoms with Crippen molar-refractivity contribution in [1.82, 2.24) is 20.4 Å². The number of nitrogens with zero attached hydrogens (tertiary/aromatic N) is 5. The minimum Gasteiger partial charge on any atom is -0.354 e. The molecule has 32 heavy (non-hydrogen) atoms. The Morgan fingerprint density at radius 1 is 1.06 bits per heavy atom. The molecule has 1 aromatic heterocycles. The maximum atomic E-state index is 12.9. The van der Waals surface area contributed by atoms with Gasteiger partial charge in [0.2, 0.25) is 22.1 Å². The highest BCUT2D eigenvalue weighted by molar-refractivity contribution is 7.19. The Labute approximate surface area is 192 Å². The zero-order valence-electron chi connectivity index (χ0n) is 18.3. The van der Waals surface area contributed by atoms with Crippen LogP contribution in [0.15, 0.2) is 24.3 Å². The van der Waals surface area contributed by atoms with E-state index >= 15 is 0 Å². The summed E-state index contributed by atoms with van der Waals surface area (Å²) in [5.41, 5.74) is 2.89. The highest BCUT2D eigenvalue weighted by Crippen LogP contribution is 2.33. The van der Waals surface area contributed by atoms with E-state index in [0.717, 1.165) is 63.4 Å². The van der Waals surface area contributed by atoms with Crippen molar-refractivity contribution in [3.8, 4) is 0 Å². The first kappa shape index (κ1) is 21.3. The van der Waals surface area contributed by atoms with Crippen molar-refractivity contribution in [2.45, 2.75) is 51.1 Å². The predicted molar refractivity (Wildman–Crippen MR) is 125 cm³/mol. The number of hydrogen-bond donors (Lipinski definition) is 1. The summed E-state index contributed by atoms with van der Waals surface area (Å²) < 4.78 is 0. The van der Waals surface area contributed by atoms with Gasteiger partial charge in [0, 0.05) is 45.7 Å². The van der Waals surface area contributed by atoms with Gasteiger partial charge in [-0.15, -0.1) is 10.2 Å². The van der Waals surface area contributed by atoms with Gasteiger partial charge in [-0.3, -0.25) is 19.4 Å². The number of carbonyl (C=O) groups is 2. The highest BCUT2D eigenvalue weighted by Gasteiger charge is 2.34. The molecule has 2 amide bonds. The Kier molecular flexibility index (Phi) is 6.36. The van der Waals surface area contributed by atoms with Crippen molar-refractivity contribution in [1.29, 1.82) is 0 Å². The Hall–Kier alpha value is -2.52. The largest absolute Gasteiger partial charge is 0.354 e. The third-order valence-corrected chi connectivity index (χ3v) is 7.65. The van der Waals surface area contributed by atoms with E-state index < -0.39 is 0 Å². The van der Waals surface area contributed by atoms with Crippen LogP contribution >= 0.6 is 11.3 Å². The zero-order valence-corrected chi connectivity index (χ0v) is 19.1. The van der Waals surface area contributed by atoms with E-state index in [1.165, 1.54) is 22.5 Å². The molecule has 2 saturated heterocycles. The van der Waals surface area contributed by atoms with Crippen LogP contribution in [0.25, 0.3) is 0 Å². The number of fused-ring (bicyclic) bond motifs is 1. The van der Waals surface area contributed by atoms with Crippen LogP contribution in [0.1, 0.15) is 43.2 Å². The quantitative estimate of drug-likeness (QED) is 0.646. The van der Waals surface area contributed by atoms with Gasteiger partial charge in [0.1, 0.15) is 6.04 Å². The van der Waals surface area contributed by atoms with E-state index in [2.05, 4.69) is 49.6 Å². The fourth-order valence-electron chi connectivity index (χ4n) is 4.93. The molecule has 2 fully saturated rings. The maximum Gasteiger partial charge on any atom is 0.242 e. The first-order valence-corrected chi connectivity index (χ1v) is 12.5.